The average Bonchev–Trinajstić information content (AvgIpc) is 3.15. The number of aliphatic hydroxyl groups excluding tert-OH is 1. The van der Waals surface area contributed by atoms with Gasteiger partial charge in [0.2, 0.25) is 0 Å². The number of para-hydroxylation sites is 1. The van der Waals surface area contributed by atoms with E-state index >= 15 is 0 Å². The number of aromatic nitrogens is 1. The number of carbonyl (C=O) groups is 1. The number of ketones is 1. The molecular formula is C25H28N2O4. The summed E-state index contributed by atoms with van der Waals surface area (Å²) in [6.07, 6.45) is 4.97. The van der Waals surface area contributed by atoms with Gasteiger partial charge < -0.3 is 19.1 Å². The van der Waals surface area contributed by atoms with Crippen LogP contribution in [-0.4, -0.2) is 66.4 Å². The fourth-order valence-electron chi connectivity index (χ4n) is 3.94. The molecule has 1 fully saturated rings. The number of fused-ring (bicyclic) bond motifs is 1. The molecule has 1 saturated heterocycles. The van der Waals surface area contributed by atoms with Gasteiger partial charge in [0.1, 0.15) is 5.75 Å². The molecule has 1 aliphatic heterocycles. The number of ether oxygens (including phenoxy) is 2. The zero-order valence-electron chi connectivity index (χ0n) is 17.7. The third kappa shape index (κ3) is 5.22. The van der Waals surface area contributed by atoms with Crippen molar-refractivity contribution in [2.75, 3.05) is 40.0 Å². The molecule has 0 spiro atoms. The Bertz CT molecular complexity index is 1050. The van der Waals surface area contributed by atoms with Gasteiger partial charge in [-0.25, -0.2) is 0 Å². The van der Waals surface area contributed by atoms with E-state index in [0.717, 1.165) is 48.5 Å². The van der Waals surface area contributed by atoms with Gasteiger partial charge in [0.25, 0.3) is 0 Å². The molecule has 4 rings (SSSR count). The Balaban J connectivity index is 1.50. The maximum atomic E-state index is 12.6. The van der Waals surface area contributed by atoms with Crippen molar-refractivity contribution in [2.24, 2.45) is 0 Å². The first-order valence-corrected chi connectivity index (χ1v) is 10.6. The van der Waals surface area contributed by atoms with Crippen LogP contribution in [0, 0.1) is 0 Å². The second kappa shape index (κ2) is 9.92. The van der Waals surface area contributed by atoms with Crippen molar-refractivity contribution in [1.29, 1.82) is 0 Å². The van der Waals surface area contributed by atoms with Crippen molar-refractivity contribution in [3.63, 3.8) is 0 Å². The summed E-state index contributed by atoms with van der Waals surface area (Å²) < 4.78 is 12.6. The molecule has 1 atom stereocenters. The van der Waals surface area contributed by atoms with Crippen LogP contribution >= 0.6 is 0 Å². The molecule has 0 bridgehead atoms. The molecule has 0 amide bonds. The maximum absolute atomic E-state index is 12.6. The first-order chi connectivity index (χ1) is 15.1. The van der Waals surface area contributed by atoms with Crippen LogP contribution in [-0.2, 0) is 11.3 Å². The fraction of sp³-hybridized carbons (Fsp3) is 0.320. The van der Waals surface area contributed by atoms with Crippen molar-refractivity contribution in [1.82, 2.24) is 9.47 Å². The lowest BCUT2D eigenvalue weighted by Crippen LogP contribution is -2.41. The van der Waals surface area contributed by atoms with E-state index in [-0.39, 0.29) is 5.78 Å². The molecule has 2 heterocycles. The van der Waals surface area contributed by atoms with E-state index in [4.69, 9.17) is 9.47 Å². The summed E-state index contributed by atoms with van der Waals surface area (Å²) >= 11 is 0. The van der Waals surface area contributed by atoms with Gasteiger partial charge >= 0.3 is 0 Å². The third-order valence-electron chi connectivity index (χ3n) is 5.59. The van der Waals surface area contributed by atoms with Crippen LogP contribution in [0.3, 0.4) is 0 Å². The normalized spacial score (nSPS) is 16.1. The van der Waals surface area contributed by atoms with Gasteiger partial charge in [-0.2, -0.15) is 0 Å². The van der Waals surface area contributed by atoms with Crippen LogP contribution in [0.2, 0.25) is 0 Å². The average molecular weight is 421 g/mol. The Labute approximate surface area is 182 Å². The Morgan fingerprint density at radius 2 is 1.87 bits per heavy atom. The number of β-amino-alcohol motifs (C(OH)–C–C–N with tert-alkyl or cyclic N) is 1. The Morgan fingerprint density at radius 3 is 2.61 bits per heavy atom. The van der Waals surface area contributed by atoms with Crippen molar-refractivity contribution in [3.8, 4) is 5.75 Å². The summed E-state index contributed by atoms with van der Waals surface area (Å²) in [5.41, 5.74) is 2.61. The highest BCUT2D eigenvalue weighted by atomic mass is 16.5. The van der Waals surface area contributed by atoms with Crippen molar-refractivity contribution in [3.05, 3.63) is 71.9 Å². The lowest BCUT2D eigenvalue weighted by Gasteiger charge is -2.28. The summed E-state index contributed by atoms with van der Waals surface area (Å²) in [6, 6.07) is 15.1. The van der Waals surface area contributed by atoms with E-state index < -0.39 is 6.10 Å². The summed E-state index contributed by atoms with van der Waals surface area (Å²) in [4.78, 5) is 14.8. The van der Waals surface area contributed by atoms with Gasteiger partial charge in [-0.15, -0.1) is 0 Å². The topological polar surface area (TPSA) is 63.9 Å². The molecule has 1 aliphatic rings. The van der Waals surface area contributed by atoms with Crippen LogP contribution in [0.15, 0.2) is 60.8 Å². The number of aliphatic hydroxyl groups is 1. The molecule has 2 aromatic carbocycles. The number of hydrogen-bond donors (Lipinski definition) is 1. The zero-order valence-corrected chi connectivity index (χ0v) is 17.7. The Morgan fingerprint density at radius 1 is 1.13 bits per heavy atom. The predicted octanol–water partition coefficient (Wildman–Crippen LogP) is 3.24. The van der Waals surface area contributed by atoms with E-state index in [2.05, 4.69) is 9.47 Å². The highest BCUT2D eigenvalue weighted by Gasteiger charge is 2.16. The molecule has 162 valence electrons. The number of allylic oxidation sites excluding steroid dienone is 1. The largest absolute Gasteiger partial charge is 0.497 e. The van der Waals surface area contributed by atoms with E-state index in [0.29, 0.717) is 18.7 Å². The highest BCUT2D eigenvalue weighted by Crippen LogP contribution is 2.23. The van der Waals surface area contributed by atoms with Crippen LogP contribution in [0.1, 0.15) is 15.9 Å². The summed E-state index contributed by atoms with van der Waals surface area (Å²) in [7, 11) is 1.60. The first-order valence-electron chi connectivity index (χ1n) is 10.6. The number of benzene rings is 2. The molecule has 1 aromatic heterocycles. The highest BCUT2D eigenvalue weighted by molar-refractivity contribution is 6.07. The third-order valence-corrected chi connectivity index (χ3v) is 5.59. The molecule has 3 aromatic rings. The SMILES string of the molecule is COc1ccc(C(=O)/C=C\c2cn(C[C@H](O)CN3CCOCC3)c3ccccc23)cc1. The molecule has 0 aliphatic carbocycles. The van der Waals surface area contributed by atoms with Crippen LogP contribution in [0.5, 0.6) is 5.75 Å². The van der Waals surface area contributed by atoms with Crippen molar-refractivity contribution >= 4 is 22.8 Å². The summed E-state index contributed by atoms with van der Waals surface area (Å²) in [6.45, 7) is 4.26. The Hall–Kier alpha value is -2.93. The predicted molar refractivity (Wildman–Crippen MR) is 122 cm³/mol. The minimum absolute atomic E-state index is 0.0631. The second-order valence-corrected chi connectivity index (χ2v) is 7.75. The van der Waals surface area contributed by atoms with Crippen molar-refractivity contribution < 1.29 is 19.4 Å². The van der Waals surface area contributed by atoms with E-state index in [9.17, 15) is 9.90 Å². The van der Waals surface area contributed by atoms with Gasteiger partial charge in [-0.05, 0) is 42.5 Å². The maximum Gasteiger partial charge on any atom is 0.185 e. The molecule has 0 radical (unpaired) electrons. The lowest BCUT2D eigenvalue weighted by atomic mass is 10.1. The number of carbonyl (C=O) groups excluding carboxylic acids is 1. The number of nitrogens with zero attached hydrogens (tertiary/aromatic N) is 2. The summed E-state index contributed by atoms with van der Waals surface area (Å²) in [5.74, 6) is 0.658. The van der Waals surface area contributed by atoms with Gasteiger partial charge in [-0.1, -0.05) is 18.2 Å². The molecule has 1 N–H and O–H groups in total. The smallest absolute Gasteiger partial charge is 0.185 e. The van der Waals surface area contributed by atoms with Gasteiger partial charge in [0.15, 0.2) is 5.78 Å². The second-order valence-electron chi connectivity index (χ2n) is 7.75. The molecule has 0 unspecified atom stereocenters. The van der Waals surface area contributed by atoms with Crippen molar-refractivity contribution in [2.45, 2.75) is 12.6 Å². The zero-order chi connectivity index (χ0) is 21.6. The number of morpholine rings is 1. The first kappa shape index (κ1) is 21.3. The monoisotopic (exact) mass is 420 g/mol. The van der Waals surface area contributed by atoms with Gasteiger partial charge in [0.05, 0.1) is 26.4 Å². The lowest BCUT2D eigenvalue weighted by molar-refractivity contribution is 0.0117. The minimum atomic E-state index is -0.480. The van der Waals surface area contributed by atoms with Crippen LogP contribution < -0.4 is 4.74 Å². The van der Waals surface area contributed by atoms with E-state index in [1.54, 1.807) is 37.5 Å². The number of hydrogen-bond acceptors (Lipinski definition) is 5. The standard InChI is InChI=1S/C25H28N2O4/c1-30-22-9-6-19(7-10-22)25(29)11-8-20-16-27(24-5-3-2-4-23(20)24)18-21(28)17-26-12-14-31-15-13-26/h2-11,16,21,28H,12-15,17-18H2,1H3/b11-8-/t21-/m1/s1. The Kier molecular flexibility index (Phi) is 6.82. The van der Waals surface area contributed by atoms with E-state index in [1.165, 1.54) is 0 Å². The molecule has 6 nitrogen and oxygen atoms in total. The molecule has 6 heteroatoms. The fourth-order valence-corrected chi connectivity index (χ4v) is 3.94. The number of methoxy groups -OCH3 is 1. The quantitative estimate of drug-likeness (QED) is 0.448. The minimum Gasteiger partial charge on any atom is -0.497 e. The number of rotatable bonds is 8. The van der Waals surface area contributed by atoms with Crippen LogP contribution in [0.4, 0.5) is 0 Å². The van der Waals surface area contributed by atoms with E-state index in [1.807, 2.05) is 36.5 Å². The summed E-state index contributed by atoms with van der Waals surface area (Å²) in [5, 5.41) is 11.7. The molecular weight excluding hydrogens is 392 g/mol. The molecule has 0 saturated carbocycles. The van der Waals surface area contributed by atoms with Crippen LogP contribution in [0.25, 0.3) is 17.0 Å². The van der Waals surface area contributed by atoms with Gasteiger partial charge in [0, 0.05) is 54.4 Å². The molecule has 31 heavy (non-hydrogen) atoms. The van der Waals surface area contributed by atoms with Gasteiger partial charge in [-0.3, -0.25) is 9.69 Å².